The first-order valence-corrected chi connectivity index (χ1v) is 9.08. The number of aliphatic imine (C=N–C) groups is 1. The summed E-state index contributed by atoms with van der Waals surface area (Å²) in [6, 6.07) is 8.69. The van der Waals surface area contributed by atoms with Crippen molar-refractivity contribution < 1.29 is 4.74 Å². The van der Waals surface area contributed by atoms with Crippen molar-refractivity contribution in [3.63, 3.8) is 0 Å². The predicted molar refractivity (Wildman–Crippen MR) is 103 cm³/mol. The van der Waals surface area contributed by atoms with E-state index < -0.39 is 0 Å². The van der Waals surface area contributed by atoms with Gasteiger partial charge in [-0.25, -0.2) is 4.98 Å². The molecule has 1 aliphatic rings. The molecule has 3 heterocycles. The molecule has 0 fully saturated rings. The minimum absolute atomic E-state index is 0.210. The highest BCUT2D eigenvalue weighted by atomic mass is 32.1. The number of methoxy groups -OCH3 is 1. The number of anilines is 1. The van der Waals surface area contributed by atoms with Gasteiger partial charge in [0.15, 0.2) is 0 Å². The van der Waals surface area contributed by atoms with Crippen LogP contribution >= 0.6 is 11.3 Å². The van der Waals surface area contributed by atoms with Gasteiger partial charge in [0.1, 0.15) is 17.4 Å². The average Bonchev–Trinajstić information content (AvgIpc) is 3.29. The van der Waals surface area contributed by atoms with Gasteiger partial charge in [-0.1, -0.05) is 6.07 Å². The van der Waals surface area contributed by atoms with Crippen LogP contribution in [0, 0.1) is 6.92 Å². The normalized spacial score (nSPS) is 14.4. The van der Waals surface area contributed by atoms with E-state index in [-0.39, 0.29) is 6.04 Å². The number of hydrogen-bond donors (Lipinski definition) is 0. The Hall–Kier alpha value is -2.60. The van der Waals surface area contributed by atoms with Crippen LogP contribution in [0.3, 0.4) is 0 Å². The molecule has 0 spiro atoms. The molecule has 1 atom stereocenters. The van der Waals surface area contributed by atoms with Crippen molar-refractivity contribution in [2.45, 2.75) is 19.9 Å². The lowest BCUT2D eigenvalue weighted by Crippen LogP contribution is -2.29. The largest absolute Gasteiger partial charge is 0.495 e. The Kier molecular flexibility index (Phi) is 4.05. The van der Waals surface area contributed by atoms with E-state index >= 15 is 0 Å². The number of aromatic nitrogens is 2. The summed E-state index contributed by atoms with van der Waals surface area (Å²) in [6.45, 7) is 4.87. The molecule has 0 radical (unpaired) electrons. The summed E-state index contributed by atoms with van der Waals surface area (Å²) in [5.41, 5.74) is 4.37. The van der Waals surface area contributed by atoms with Crippen molar-refractivity contribution in [3.8, 4) is 11.4 Å². The van der Waals surface area contributed by atoms with Crippen molar-refractivity contribution in [3.05, 3.63) is 59.0 Å². The highest BCUT2D eigenvalue weighted by Gasteiger charge is 2.22. The lowest BCUT2D eigenvalue weighted by atomic mass is 10.1. The van der Waals surface area contributed by atoms with Gasteiger partial charge in [0, 0.05) is 18.0 Å². The molecule has 0 amide bonds. The van der Waals surface area contributed by atoms with E-state index in [4.69, 9.17) is 4.74 Å². The third-order valence-corrected chi connectivity index (χ3v) is 5.51. The van der Waals surface area contributed by atoms with Gasteiger partial charge >= 0.3 is 0 Å². The second kappa shape index (κ2) is 6.37. The maximum Gasteiger partial charge on any atom is 0.143 e. The number of benzene rings is 1. The minimum atomic E-state index is 0.210. The summed E-state index contributed by atoms with van der Waals surface area (Å²) < 4.78 is 7.64. The molecular formula is C19H20N4OS. The molecule has 0 saturated carbocycles. The van der Waals surface area contributed by atoms with Crippen molar-refractivity contribution in [2.75, 3.05) is 18.7 Å². The number of aryl methyl sites for hydroxylation is 1. The second-order valence-corrected chi connectivity index (χ2v) is 7.03. The van der Waals surface area contributed by atoms with Crippen LogP contribution in [0.1, 0.15) is 29.8 Å². The van der Waals surface area contributed by atoms with Crippen LogP contribution < -0.4 is 9.64 Å². The number of thiophene rings is 1. The second-order valence-electron chi connectivity index (χ2n) is 6.13. The number of nitrogens with zero attached hydrogens (tertiary/aromatic N) is 4. The number of ether oxygens (including phenoxy) is 1. The van der Waals surface area contributed by atoms with Gasteiger partial charge in [-0.15, -0.1) is 11.3 Å². The first kappa shape index (κ1) is 15.9. The Balaban J connectivity index is 1.68. The molecule has 25 heavy (non-hydrogen) atoms. The zero-order valence-electron chi connectivity index (χ0n) is 14.5. The monoisotopic (exact) mass is 352 g/mol. The van der Waals surface area contributed by atoms with Crippen LogP contribution in [0.15, 0.2) is 47.2 Å². The maximum atomic E-state index is 5.65. The highest BCUT2D eigenvalue weighted by molar-refractivity contribution is 7.14. The van der Waals surface area contributed by atoms with Crippen LogP contribution in [-0.4, -0.2) is 29.5 Å². The van der Waals surface area contributed by atoms with E-state index in [1.165, 1.54) is 16.1 Å². The van der Waals surface area contributed by atoms with Gasteiger partial charge in [-0.2, -0.15) is 0 Å². The minimum Gasteiger partial charge on any atom is -0.495 e. The molecule has 4 rings (SSSR count). The first-order chi connectivity index (χ1) is 12.2. The topological polar surface area (TPSA) is 42.6 Å². The fraction of sp³-hybridized carbons (Fsp3) is 0.263. The summed E-state index contributed by atoms with van der Waals surface area (Å²) in [5, 5.41) is 3.39. The molecule has 0 bridgehead atoms. The van der Waals surface area contributed by atoms with E-state index in [2.05, 4.69) is 51.4 Å². The third kappa shape index (κ3) is 2.82. The van der Waals surface area contributed by atoms with Gasteiger partial charge in [0.25, 0.3) is 0 Å². The quantitative estimate of drug-likeness (QED) is 0.706. The molecule has 1 unspecified atom stereocenters. The highest BCUT2D eigenvalue weighted by Crippen LogP contribution is 2.37. The average molecular weight is 352 g/mol. The summed E-state index contributed by atoms with van der Waals surface area (Å²) >= 11 is 1.76. The number of fused-ring (bicyclic) bond motifs is 1. The standard InChI is InChI=1S/C19H20N4OS/c1-13-10-22(12-21-13)17-5-4-15(8-18(17)24-3)14(2)23-11-20-9-16-6-7-25-19(16)23/h4-10,12,14H,11H2,1-3H3. The van der Waals surface area contributed by atoms with Crippen LogP contribution in [0.4, 0.5) is 5.00 Å². The van der Waals surface area contributed by atoms with Gasteiger partial charge < -0.3 is 14.2 Å². The molecule has 3 aromatic rings. The summed E-state index contributed by atoms with van der Waals surface area (Å²) in [6.07, 6.45) is 5.77. The van der Waals surface area contributed by atoms with Crippen molar-refractivity contribution in [1.82, 2.24) is 9.55 Å². The lowest BCUT2D eigenvalue weighted by molar-refractivity contribution is 0.412. The van der Waals surface area contributed by atoms with E-state index in [0.717, 1.165) is 17.1 Å². The van der Waals surface area contributed by atoms with E-state index in [9.17, 15) is 0 Å². The Morgan fingerprint density at radius 2 is 2.16 bits per heavy atom. The van der Waals surface area contributed by atoms with Gasteiger partial charge in [0.05, 0.1) is 30.9 Å². The molecule has 0 N–H and O–H groups in total. The van der Waals surface area contributed by atoms with Crippen LogP contribution in [0.5, 0.6) is 5.75 Å². The zero-order chi connectivity index (χ0) is 17.4. The molecule has 1 aromatic carbocycles. The first-order valence-electron chi connectivity index (χ1n) is 8.20. The zero-order valence-corrected chi connectivity index (χ0v) is 15.3. The lowest BCUT2D eigenvalue weighted by Gasteiger charge is -2.31. The number of hydrogen-bond acceptors (Lipinski definition) is 5. The fourth-order valence-electron chi connectivity index (χ4n) is 3.13. The van der Waals surface area contributed by atoms with E-state index in [0.29, 0.717) is 6.67 Å². The molecule has 128 valence electrons. The molecule has 0 saturated heterocycles. The summed E-state index contributed by atoms with van der Waals surface area (Å²) in [5.74, 6) is 0.841. The van der Waals surface area contributed by atoms with Gasteiger partial charge in [-0.3, -0.25) is 4.99 Å². The van der Waals surface area contributed by atoms with Crippen molar-refractivity contribution in [1.29, 1.82) is 0 Å². The SMILES string of the molecule is COc1cc(C(C)N2CN=Cc3ccsc32)ccc1-n1cnc(C)c1. The maximum absolute atomic E-state index is 5.65. The Morgan fingerprint density at radius 1 is 1.28 bits per heavy atom. The van der Waals surface area contributed by atoms with Crippen molar-refractivity contribution >= 4 is 22.6 Å². The van der Waals surface area contributed by atoms with Crippen molar-refractivity contribution in [2.24, 2.45) is 4.99 Å². The van der Waals surface area contributed by atoms with E-state index in [1.807, 2.05) is 30.2 Å². The van der Waals surface area contributed by atoms with Gasteiger partial charge in [-0.05, 0) is 43.0 Å². The summed E-state index contributed by atoms with van der Waals surface area (Å²) in [4.78, 5) is 11.1. The fourth-order valence-corrected chi connectivity index (χ4v) is 4.08. The van der Waals surface area contributed by atoms with E-state index in [1.54, 1.807) is 18.4 Å². The Bertz CT molecular complexity index is 927. The van der Waals surface area contributed by atoms with Crippen LogP contribution in [0.25, 0.3) is 5.69 Å². The molecule has 6 heteroatoms. The Morgan fingerprint density at radius 3 is 2.92 bits per heavy atom. The molecule has 2 aromatic heterocycles. The number of imidazole rings is 1. The molecule has 5 nitrogen and oxygen atoms in total. The smallest absolute Gasteiger partial charge is 0.143 e. The van der Waals surface area contributed by atoms with Crippen LogP contribution in [0.2, 0.25) is 0 Å². The van der Waals surface area contributed by atoms with Gasteiger partial charge in [0.2, 0.25) is 0 Å². The van der Waals surface area contributed by atoms with Crippen LogP contribution in [-0.2, 0) is 0 Å². The molecule has 1 aliphatic heterocycles. The molecule has 0 aliphatic carbocycles. The predicted octanol–water partition coefficient (Wildman–Crippen LogP) is 4.21. The number of rotatable bonds is 4. The third-order valence-electron chi connectivity index (χ3n) is 4.54. The summed E-state index contributed by atoms with van der Waals surface area (Å²) in [7, 11) is 1.71. The Labute approximate surface area is 151 Å². The molecular weight excluding hydrogens is 332 g/mol.